The number of methoxy groups -OCH3 is 1. The Balaban J connectivity index is 1.92. The minimum Gasteiger partial charge on any atom is -0.497 e. The number of ether oxygens (including phenoxy) is 2. The molecule has 0 aliphatic heterocycles. The average molecular weight is 343 g/mol. The van der Waals surface area contributed by atoms with Crippen LogP contribution in [0.25, 0.3) is 0 Å². The lowest BCUT2D eigenvalue weighted by molar-refractivity contribution is 0.340. The minimum atomic E-state index is -3.86. The molecule has 0 aliphatic rings. The Bertz CT molecular complexity index is 764. The number of sulfonamides is 1. The highest BCUT2D eigenvalue weighted by Crippen LogP contribution is 2.18. The van der Waals surface area contributed by atoms with Crippen LogP contribution in [0.1, 0.15) is 0 Å². The third-order valence-corrected chi connectivity index (χ3v) is 4.11. The Labute approximate surface area is 132 Å². The van der Waals surface area contributed by atoms with E-state index in [9.17, 15) is 17.2 Å². The molecule has 0 aromatic heterocycles. The summed E-state index contributed by atoms with van der Waals surface area (Å²) in [5, 5.41) is 0. The van der Waals surface area contributed by atoms with Crippen LogP contribution in [0, 0.1) is 11.6 Å². The highest BCUT2D eigenvalue weighted by molar-refractivity contribution is 7.92. The molecule has 2 aromatic carbocycles. The zero-order valence-corrected chi connectivity index (χ0v) is 13.1. The maximum absolute atomic E-state index is 13.4. The third kappa shape index (κ3) is 5.10. The van der Waals surface area contributed by atoms with E-state index in [2.05, 4.69) is 0 Å². The number of rotatable bonds is 7. The summed E-state index contributed by atoms with van der Waals surface area (Å²) in [6.45, 7) is -0.140. The van der Waals surface area contributed by atoms with Gasteiger partial charge in [-0.15, -0.1) is 0 Å². The Hall–Kier alpha value is -2.35. The molecule has 0 spiro atoms. The van der Waals surface area contributed by atoms with Gasteiger partial charge in [0.15, 0.2) is 0 Å². The monoisotopic (exact) mass is 343 g/mol. The summed E-state index contributed by atoms with van der Waals surface area (Å²) in [7, 11) is -2.34. The van der Waals surface area contributed by atoms with E-state index in [1.54, 1.807) is 24.3 Å². The van der Waals surface area contributed by atoms with Crippen LogP contribution in [0.5, 0.6) is 11.5 Å². The van der Waals surface area contributed by atoms with Gasteiger partial charge in [0.1, 0.15) is 35.5 Å². The Morgan fingerprint density at radius 3 is 2.35 bits per heavy atom. The summed E-state index contributed by atoms with van der Waals surface area (Å²) in [6, 6.07) is 9.13. The molecule has 1 N–H and O–H groups in total. The first-order chi connectivity index (χ1) is 10.9. The van der Waals surface area contributed by atoms with Crippen LogP contribution in [0.2, 0.25) is 0 Å². The van der Waals surface area contributed by atoms with Crippen molar-refractivity contribution < 1.29 is 26.7 Å². The fourth-order valence-electron chi connectivity index (χ4n) is 1.74. The molecular formula is C15H15F2NO4S. The lowest BCUT2D eigenvalue weighted by Crippen LogP contribution is -2.22. The van der Waals surface area contributed by atoms with Gasteiger partial charge in [0.2, 0.25) is 10.0 Å². The quantitative estimate of drug-likeness (QED) is 0.840. The van der Waals surface area contributed by atoms with E-state index < -0.39 is 33.1 Å². The van der Waals surface area contributed by atoms with Crippen LogP contribution in [-0.4, -0.2) is 27.9 Å². The van der Waals surface area contributed by atoms with Crippen molar-refractivity contribution in [3.8, 4) is 11.5 Å². The highest BCUT2D eigenvalue weighted by atomic mass is 32.2. The van der Waals surface area contributed by atoms with E-state index in [1.807, 2.05) is 4.72 Å². The zero-order valence-electron chi connectivity index (χ0n) is 12.3. The summed E-state index contributed by atoms with van der Waals surface area (Å²) < 4.78 is 62.4. The molecule has 2 rings (SSSR count). The van der Waals surface area contributed by atoms with Crippen LogP contribution in [0.15, 0.2) is 42.5 Å². The van der Waals surface area contributed by atoms with Crippen LogP contribution in [0.3, 0.4) is 0 Å². The smallest absolute Gasteiger partial charge is 0.236 e. The summed E-state index contributed by atoms with van der Waals surface area (Å²) in [6.07, 6.45) is 0. The fourth-order valence-corrected chi connectivity index (χ4v) is 2.63. The molecular weight excluding hydrogens is 328 g/mol. The van der Waals surface area contributed by atoms with E-state index in [-0.39, 0.29) is 6.61 Å². The van der Waals surface area contributed by atoms with Gasteiger partial charge in [-0.2, -0.15) is 0 Å². The standard InChI is InChI=1S/C15H15F2NO4S/c1-21-12-3-5-13(6-4-12)22-8-9-23(19,20)18-15-10-11(16)2-7-14(15)17/h2-7,10,18H,8-9H2,1H3. The average Bonchev–Trinajstić information content (AvgIpc) is 2.51. The molecule has 0 atom stereocenters. The molecule has 0 radical (unpaired) electrons. The topological polar surface area (TPSA) is 64.6 Å². The van der Waals surface area contributed by atoms with Crippen molar-refractivity contribution in [2.75, 3.05) is 24.2 Å². The van der Waals surface area contributed by atoms with Crippen molar-refractivity contribution in [2.45, 2.75) is 0 Å². The molecule has 0 unspecified atom stereocenters. The predicted octanol–water partition coefficient (Wildman–Crippen LogP) is 2.79. The highest BCUT2D eigenvalue weighted by Gasteiger charge is 2.14. The summed E-state index contributed by atoms with van der Waals surface area (Å²) in [5.74, 6) is -0.884. The molecule has 5 nitrogen and oxygen atoms in total. The van der Waals surface area contributed by atoms with Crippen LogP contribution >= 0.6 is 0 Å². The molecule has 8 heteroatoms. The first-order valence-corrected chi connectivity index (χ1v) is 8.27. The first-order valence-electron chi connectivity index (χ1n) is 6.62. The van der Waals surface area contributed by atoms with Gasteiger partial charge < -0.3 is 9.47 Å². The maximum atomic E-state index is 13.4. The van der Waals surface area contributed by atoms with Gasteiger partial charge in [-0.25, -0.2) is 17.2 Å². The van der Waals surface area contributed by atoms with Gasteiger partial charge >= 0.3 is 0 Å². The second kappa shape index (κ2) is 7.28. The Morgan fingerprint density at radius 2 is 1.70 bits per heavy atom. The van der Waals surface area contributed by atoms with E-state index in [0.29, 0.717) is 11.5 Å². The van der Waals surface area contributed by atoms with Crippen LogP contribution in [-0.2, 0) is 10.0 Å². The molecule has 23 heavy (non-hydrogen) atoms. The van der Waals surface area contributed by atoms with Gasteiger partial charge in [0.25, 0.3) is 0 Å². The van der Waals surface area contributed by atoms with Gasteiger partial charge in [-0.1, -0.05) is 0 Å². The second-order valence-corrected chi connectivity index (χ2v) is 6.41. The minimum absolute atomic E-state index is 0.140. The van der Waals surface area contributed by atoms with Crippen molar-refractivity contribution >= 4 is 15.7 Å². The van der Waals surface area contributed by atoms with Crippen molar-refractivity contribution in [1.29, 1.82) is 0 Å². The number of hydrogen-bond acceptors (Lipinski definition) is 4. The Kier molecular flexibility index (Phi) is 5.38. The third-order valence-electron chi connectivity index (χ3n) is 2.87. The molecule has 0 aliphatic carbocycles. The van der Waals surface area contributed by atoms with Crippen LogP contribution < -0.4 is 14.2 Å². The molecule has 2 aromatic rings. The molecule has 0 bridgehead atoms. The van der Waals surface area contributed by atoms with Crippen LogP contribution in [0.4, 0.5) is 14.5 Å². The SMILES string of the molecule is COc1ccc(OCCS(=O)(=O)Nc2cc(F)ccc2F)cc1. The van der Waals surface area contributed by atoms with Crippen molar-refractivity contribution in [1.82, 2.24) is 0 Å². The largest absolute Gasteiger partial charge is 0.497 e. The van der Waals surface area contributed by atoms with Crippen molar-refractivity contribution in [2.24, 2.45) is 0 Å². The maximum Gasteiger partial charge on any atom is 0.236 e. The molecule has 0 heterocycles. The van der Waals surface area contributed by atoms with E-state index in [0.717, 1.165) is 18.2 Å². The van der Waals surface area contributed by atoms with Crippen molar-refractivity contribution in [3.05, 3.63) is 54.1 Å². The Morgan fingerprint density at radius 1 is 1.04 bits per heavy atom. The van der Waals surface area contributed by atoms with E-state index in [1.165, 1.54) is 7.11 Å². The number of hydrogen-bond donors (Lipinski definition) is 1. The van der Waals surface area contributed by atoms with Gasteiger partial charge in [-0.05, 0) is 36.4 Å². The normalized spacial score (nSPS) is 11.1. The van der Waals surface area contributed by atoms with Gasteiger partial charge in [0.05, 0.1) is 12.8 Å². The van der Waals surface area contributed by atoms with Crippen molar-refractivity contribution in [3.63, 3.8) is 0 Å². The number of nitrogens with one attached hydrogen (secondary N) is 1. The molecule has 0 amide bonds. The lowest BCUT2D eigenvalue weighted by atomic mass is 10.3. The number of benzene rings is 2. The van der Waals surface area contributed by atoms with Gasteiger partial charge in [-0.3, -0.25) is 4.72 Å². The molecule has 0 saturated heterocycles. The molecule has 0 saturated carbocycles. The van der Waals surface area contributed by atoms with Gasteiger partial charge in [0, 0.05) is 6.07 Å². The molecule has 124 valence electrons. The lowest BCUT2D eigenvalue weighted by Gasteiger charge is -2.10. The zero-order chi connectivity index (χ0) is 16.9. The van der Waals surface area contributed by atoms with E-state index in [4.69, 9.17) is 9.47 Å². The molecule has 0 fully saturated rings. The second-order valence-electron chi connectivity index (χ2n) is 4.57. The summed E-state index contributed by atoms with van der Waals surface area (Å²) in [4.78, 5) is 0. The summed E-state index contributed by atoms with van der Waals surface area (Å²) >= 11 is 0. The van der Waals surface area contributed by atoms with E-state index >= 15 is 0 Å². The predicted molar refractivity (Wildman–Crippen MR) is 82.3 cm³/mol. The first kappa shape index (κ1) is 17.0. The fraction of sp³-hybridized carbons (Fsp3) is 0.200. The number of anilines is 1. The number of halogens is 2. The summed E-state index contributed by atoms with van der Waals surface area (Å²) in [5.41, 5.74) is -0.436.